The molecule has 1 heterocycles. The van der Waals surface area contributed by atoms with Gasteiger partial charge in [-0.15, -0.1) is 5.53 Å². The molecule has 1 rings (SSSR count). The Bertz CT molecular complexity index is 455. The van der Waals surface area contributed by atoms with E-state index in [9.17, 15) is 19.2 Å². The van der Waals surface area contributed by atoms with Crippen molar-refractivity contribution in [1.82, 2.24) is 26.3 Å². The summed E-state index contributed by atoms with van der Waals surface area (Å²) < 4.78 is 0. The highest BCUT2D eigenvalue weighted by atomic mass is 16.2. The number of nitrogens with zero attached hydrogens (tertiary/aromatic N) is 2. The van der Waals surface area contributed by atoms with Crippen molar-refractivity contribution in [1.29, 1.82) is 0 Å². The summed E-state index contributed by atoms with van der Waals surface area (Å²) in [4.78, 5) is 47.9. The van der Waals surface area contributed by atoms with Crippen molar-refractivity contribution in [3.63, 3.8) is 0 Å². The number of hydrogen-bond donors (Lipinski definition) is 4. The minimum absolute atomic E-state index is 0.0686. The number of carbonyl (C=O) groups excluding carboxylic acids is 4. The predicted molar refractivity (Wildman–Crippen MR) is 76.2 cm³/mol. The summed E-state index contributed by atoms with van der Waals surface area (Å²) in [6, 6.07) is -1.32. The van der Waals surface area contributed by atoms with E-state index in [1.54, 1.807) is 6.92 Å². The van der Waals surface area contributed by atoms with Crippen molar-refractivity contribution in [2.24, 2.45) is 5.84 Å². The van der Waals surface area contributed by atoms with E-state index in [-0.39, 0.29) is 25.3 Å². The highest BCUT2D eigenvalue weighted by Crippen LogP contribution is 2.19. The highest BCUT2D eigenvalue weighted by Gasteiger charge is 2.44. The minimum Gasteiger partial charge on any atom is -0.294 e. The first-order chi connectivity index (χ1) is 10.5. The molecule has 1 aliphatic rings. The monoisotopic (exact) mass is 314 g/mol. The molecule has 0 aromatic carbocycles. The van der Waals surface area contributed by atoms with Crippen LogP contribution in [0.15, 0.2) is 0 Å². The fourth-order valence-electron chi connectivity index (χ4n) is 2.00. The Morgan fingerprint density at radius 2 is 1.91 bits per heavy atom. The van der Waals surface area contributed by atoms with E-state index >= 15 is 0 Å². The van der Waals surface area contributed by atoms with E-state index < -0.39 is 23.9 Å². The first-order valence-corrected chi connectivity index (χ1v) is 7.14. The molecule has 124 valence electrons. The Labute approximate surface area is 128 Å². The van der Waals surface area contributed by atoms with Gasteiger partial charge >= 0.3 is 6.03 Å². The van der Waals surface area contributed by atoms with E-state index in [0.29, 0.717) is 12.8 Å². The van der Waals surface area contributed by atoms with Crippen LogP contribution in [0.5, 0.6) is 0 Å². The predicted octanol–water partition coefficient (Wildman–Crippen LogP) is -1.25. The number of carbonyl (C=O) groups is 4. The van der Waals surface area contributed by atoms with Crippen LogP contribution in [0, 0.1) is 0 Å². The van der Waals surface area contributed by atoms with E-state index in [0.717, 1.165) is 9.91 Å². The standard InChI is InChI=1S/C12H22N6O4/c1-3-5-8-11(21)17(7-6-10(20)14-13)12(22)18(8)16-15-9(19)4-2/h8,16H,3-7,13H2,1-2H3,(H,14,20)(H,15,19). The first-order valence-electron chi connectivity index (χ1n) is 7.14. The number of hydrogen-bond acceptors (Lipinski definition) is 6. The largest absolute Gasteiger partial charge is 0.343 e. The second-order valence-electron chi connectivity index (χ2n) is 4.78. The summed E-state index contributed by atoms with van der Waals surface area (Å²) >= 11 is 0. The second-order valence-corrected chi connectivity index (χ2v) is 4.78. The maximum atomic E-state index is 12.3. The van der Waals surface area contributed by atoms with Gasteiger partial charge in [-0.2, -0.15) is 0 Å². The lowest BCUT2D eigenvalue weighted by atomic mass is 10.1. The molecule has 0 saturated carbocycles. The van der Waals surface area contributed by atoms with Crippen LogP contribution in [0.4, 0.5) is 4.79 Å². The van der Waals surface area contributed by atoms with Crippen LogP contribution < -0.4 is 22.2 Å². The Morgan fingerprint density at radius 3 is 2.45 bits per heavy atom. The van der Waals surface area contributed by atoms with Gasteiger partial charge < -0.3 is 0 Å². The molecule has 0 aromatic heterocycles. The number of nitrogens with one attached hydrogen (secondary N) is 3. The SMILES string of the molecule is CCCC1C(=O)N(CCC(=O)NN)C(=O)N1NNC(=O)CC. The van der Waals surface area contributed by atoms with Gasteiger partial charge in [0.2, 0.25) is 11.8 Å². The molecule has 10 nitrogen and oxygen atoms in total. The summed E-state index contributed by atoms with van der Waals surface area (Å²) in [5.74, 6) is 3.78. The zero-order chi connectivity index (χ0) is 16.7. The van der Waals surface area contributed by atoms with Gasteiger partial charge in [-0.3, -0.25) is 30.1 Å². The fraction of sp³-hybridized carbons (Fsp3) is 0.667. The molecule has 1 atom stereocenters. The highest BCUT2D eigenvalue weighted by molar-refractivity contribution is 6.04. The van der Waals surface area contributed by atoms with Gasteiger partial charge in [0.25, 0.3) is 5.91 Å². The van der Waals surface area contributed by atoms with Crippen molar-refractivity contribution in [3.05, 3.63) is 0 Å². The van der Waals surface area contributed by atoms with Crippen LogP contribution in [0.25, 0.3) is 0 Å². The van der Waals surface area contributed by atoms with Gasteiger partial charge in [0, 0.05) is 19.4 Å². The molecule has 0 aliphatic carbocycles. The van der Waals surface area contributed by atoms with Crippen molar-refractivity contribution in [2.45, 2.75) is 45.6 Å². The maximum Gasteiger partial charge on any atom is 0.343 e. The third-order valence-electron chi connectivity index (χ3n) is 3.22. The van der Waals surface area contributed by atoms with Crippen LogP contribution in [-0.4, -0.2) is 46.2 Å². The zero-order valence-corrected chi connectivity index (χ0v) is 12.7. The summed E-state index contributed by atoms with van der Waals surface area (Å²) in [6.07, 6.45) is 1.28. The molecule has 5 N–H and O–H groups in total. The lowest BCUT2D eigenvalue weighted by Crippen LogP contribution is -2.54. The van der Waals surface area contributed by atoms with Gasteiger partial charge in [0.1, 0.15) is 6.04 Å². The van der Waals surface area contributed by atoms with E-state index in [2.05, 4.69) is 11.0 Å². The Balaban J connectivity index is 2.76. The van der Waals surface area contributed by atoms with Crippen LogP contribution in [-0.2, 0) is 14.4 Å². The summed E-state index contributed by atoms with van der Waals surface area (Å²) in [5.41, 5.74) is 6.76. The molecule has 1 saturated heterocycles. The topological polar surface area (TPSA) is 137 Å². The molecule has 22 heavy (non-hydrogen) atoms. The normalized spacial score (nSPS) is 17.9. The molecule has 0 bridgehead atoms. The Morgan fingerprint density at radius 1 is 1.23 bits per heavy atom. The van der Waals surface area contributed by atoms with E-state index in [4.69, 9.17) is 5.84 Å². The quantitative estimate of drug-likeness (QED) is 0.191. The molecule has 0 spiro atoms. The lowest BCUT2D eigenvalue weighted by Gasteiger charge is -2.22. The Kier molecular flexibility index (Phi) is 6.73. The number of imide groups is 1. The number of amides is 5. The molecule has 1 aliphatic heterocycles. The molecule has 10 heteroatoms. The van der Waals surface area contributed by atoms with Crippen molar-refractivity contribution in [2.75, 3.05) is 6.54 Å². The number of urea groups is 1. The van der Waals surface area contributed by atoms with Crippen LogP contribution in [0.1, 0.15) is 39.5 Å². The summed E-state index contributed by atoms with van der Waals surface area (Å²) in [5, 5.41) is 1.08. The second kappa shape index (κ2) is 8.29. The zero-order valence-electron chi connectivity index (χ0n) is 12.7. The average molecular weight is 314 g/mol. The van der Waals surface area contributed by atoms with E-state index in [1.807, 2.05) is 12.3 Å². The maximum absolute atomic E-state index is 12.3. The molecular weight excluding hydrogens is 292 g/mol. The summed E-state index contributed by atoms with van der Waals surface area (Å²) in [7, 11) is 0. The third kappa shape index (κ3) is 4.15. The van der Waals surface area contributed by atoms with Gasteiger partial charge in [-0.1, -0.05) is 20.3 Å². The minimum atomic E-state index is -0.712. The third-order valence-corrected chi connectivity index (χ3v) is 3.22. The van der Waals surface area contributed by atoms with E-state index in [1.165, 1.54) is 0 Å². The molecule has 0 aromatic rings. The number of hydrazine groups is 3. The summed E-state index contributed by atoms with van der Waals surface area (Å²) in [6.45, 7) is 3.47. The molecule has 5 amide bonds. The van der Waals surface area contributed by atoms with Crippen molar-refractivity contribution in [3.8, 4) is 0 Å². The van der Waals surface area contributed by atoms with Crippen molar-refractivity contribution < 1.29 is 19.2 Å². The number of rotatable bonds is 8. The number of nitrogens with two attached hydrogens (primary N) is 1. The van der Waals surface area contributed by atoms with Crippen molar-refractivity contribution >= 4 is 23.8 Å². The van der Waals surface area contributed by atoms with Gasteiger partial charge in [-0.25, -0.2) is 15.6 Å². The van der Waals surface area contributed by atoms with Crippen LogP contribution in [0.3, 0.4) is 0 Å². The van der Waals surface area contributed by atoms with Gasteiger partial charge in [-0.05, 0) is 6.42 Å². The van der Waals surface area contributed by atoms with Gasteiger partial charge in [0.05, 0.1) is 0 Å². The molecule has 1 fully saturated rings. The molecular formula is C12H22N6O4. The van der Waals surface area contributed by atoms with Gasteiger partial charge in [0.15, 0.2) is 0 Å². The van der Waals surface area contributed by atoms with Crippen LogP contribution in [0.2, 0.25) is 0 Å². The fourth-order valence-corrected chi connectivity index (χ4v) is 2.00. The van der Waals surface area contributed by atoms with Crippen LogP contribution >= 0.6 is 0 Å². The molecule has 1 unspecified atom stereocenters. The Hall–Kier alpha value is -2.20. The lowest BCUT2D eigenvalue weighted by molar-refractivity contribution is -0.130. The first kappa shape index (κ1) is 17.9. The smallest absolute Gasteiger partial charge is 0.294 e. The average Bonchev–Trinajstić information content (AvgIpc) is 2.74. The molecule has 0 radical (unpaired) electrons.